The van der Waals surface area contributed by atoms with Gasteiger partial charge in [0.15, 0.2) is 0 Å². The molecule has 31 heavy (non-hydrogen) atoms. The van der Waals surface area contributed by atoms with Gasteiger partial charge in [-0.15, -0.1) is 0 Å². The van der Waals surface area contributed by atoms with Crippen LogP contribution in [-0.2, 0) is 9.53 Å². The maximum atomic E-state index is 12.8. The van der Waals surface area contributed by atoms with Crippen LogP contribution in [-0.4, -0.2) is 51.6 Å². The lowest BCUT2D eigenvalue weighted by molar-refractivity contribution is -0.139. The molecule has 7 nitrogen and oxygen atoms in total. The monoisotopic (exact) mass is 415 g/mol. The zero-order valence-electron chi connectivity index (χ0n) is 17.3. The fraction of sp³-hybridized carbons (Fsp3) is 0.333. The van der Waals surface area contributed by atoms with Crippen LogP contribution >= 0.6 is 0 Å². The van der Waals surface area contributed by atoms with Gasteiger partial charge in [0.2, 0.25) is 0 Å². The summed E-state index contributed by atoms with van der Waals surface area (Å²) in [5.74, 6) is 1.69. The topological polar surface area (TPSA) is 80.2 Å². The number of nitrogens with one attached hydrogen (secondary N) is 1. The van der Waals surface area contributed by atoms with Crippen LogP contribution in [0.4, 0.5) is 11.5 Å². The quantitative estimate of drug-likeness (QED) is 0.683. The SMILES string of the molecule is O=C([C@H]1CCCO1)N1CC[C@H](c2nc(Nc3ccccc3)cc(-c3cccnc3)n2)C1. The van der Waals surface area contributed by atoms with Gasteiger partial charge in [0.25, 0.3) is 5.91 Å². The first-order valence-electron chi connectivity index (χ1n) is 10.8. The number of ether oxygens (including phenoxy) is 1. The number of likely N-dealkylation sites (tertiary alicyclic amines) is 1. The van der Waals surface area contributed by atoms with Crippen molar-refractivity contribution in [3.05, 3.63) is 66.7 Å². The minimum absolute atomic E-state index is 0.0956. The summed E-state index contributed by atoms with van der Waals surface area (Å²) in [6.07, 6.45) is 5.90. The molecule has 0 aliphatic carbocycles. The van der Waals surface area contributed by atoms with E-state index in [9.17, 15) is 4.79 Å². The number of amides is 1. The molecule has 2 aliphatic rings. The molecule has 5 rings (SSSR count). The van der Waals surface area contributed by atoms with Crippen LogP contribution in [0, 0.1) is 0 Å². The first-order valence-corrected chi connectivity index (χ1v) is 10.8. The summed E-state index contributed by atoms with van der Waals surface area (Å²) in [6, 6.07) is 15.8. The van der Waals surface area contributed by atoms with Crippen molar-refractivity contribution in [1.29, 1.82) is 0 Å². The van der Waals surface area contributed by atoms with Crippen LogP contribution in [0.25, 0.3) is 11.3 Å². The molecule has 0 bridgehead atoms. The van der Waals surface area contributed by atoms with E-state index < -0.39 is 0 Å². The highest BCUT2D eigenvalue weighted by Gasteiger charge is 2.34. The Morgan fingerprint density at radius 3 is 2.77 bits per heavy atom. The Morgan fingerprint density at radius 1 is 1.10 bits per heavy atom. The van der Waals surface area contributed by atoms with Crippen molar-refractivity contribution in [1.82, 2.24) is 19.9 Å². The predicted molar refractivity (Wildman–Crippen MR) is 118 cm³/mol. The number of hydrogen-bond donors (Lipinski definition) is 1. The van der Waals surface area contributed by atoms with Crippen LogP contribution in [0.3, 0.4) is 0 Å². The summed E-state index contributed by atoms with van der Waals surface area (Å²) in [6.45, 7) is 2.02. The molecular formula is C24H25N5O2. The molecule has 2 aromatic heterocycles. The van der Waals surface area contributed by atoms with Crippen molar-refractivity contribution in [3.63, 3.8) is 0 Å². The second-order valence-corrected chi connectivity index (χ2v) is 8.00. The van der Waals surface area contributed by atoms with E-state index in [0.717, 1.165) is 47.8 Å². The maximum absolute atomic E-state index is 12.8. The van der Waals surface area contributed by atoms with Gasteiger partial charge in [-0.1, -0.05) is 18.2 Å². The third-order valence-corrected chi connectivity index (χ3v) is 5.82. The highest BCUT2D eigenvalue weighted by Crippen LogP contribution is 2.30. The predicted octanol–water partition coefficient (Wildman–Crippen LogP) is 3.78. The Morgan fingerprint density at radius 2 is 2.00 bits per heavy atom. The Hall–Kier alpha value is -3.32. The van der Waals surface area contributed by atoms with Crippen LogP contribution < -0.4 is 5.32 Å². The Bertz CT molecular complexity index is 1040. The molecule has 158 valence electrons. The molecule has 1 amide bonds. The van der Waals surface area contributed by atoms with Gasteiger partial charge in [-0.3, -0.25) is 9.78 Å². The molecule has 7 heteroatoms. The lowest BCUT2D eigenvalue weighted by Gasteiger charge is -2.20. The number of carbonyl (C=O) groups is 1. The Labute approximate surface area is 181 Å². The van der Waals surface area contributed by atoms with E-state index >= 15 is 0 Å². The van der Waals surface area contributed by atoms with E-state index in [-0.39, 0.29) is 17.9 Å². The van der Waals surface area contributed by atoms with Crippen LogP contribution in [0.2, 0.25) is 0 Å². The third-order valence-electron chi connectivity index (χ3n) is 5.82. The summed E-state index contributed by atoms with van der Waals surface area (Å²) >= 11 is 0. The number of benzene rings is 1. The lowest BCUT2D eigenvalue weighted by atomic mass is 10.1. The number of para-hydroxylation sites is 1. The molecule has 3 aromatic rings. The van der Waals surface area contributed by atoms with Crippen LogP contribution in [0.5, 0.6) is 0 Å². The van der Waals surface area contributed by atoms with Crippen molar-refractivity contribution in [2.75, 3.05) is 25.0 Å². The van der Waals surface area contributed by atoms with E-state index in [1.807, 2.05) is 53.4 Å². The van der Waals surface area contributed by atoms with Gasteiger partial charge in [-0.05, 0) is 43.5 Å². The highest BCUT2D eigenvalue weighted by atomic mass is 16.5. The van der Waals surface area contributed by atoms with Gasteiger partial charge < -0.3 is 15.0 Å². The fourth-order valence-corrected chi connectivity index (χ4v) is 4.19. The van der Waals surface area contributed by atoms with Gasteiger partial charge in [0.05, 0.1) is 5.69 Å². The summed E-state index contributed by atoms with van der Waals surface area (Å²) < 4.78 is 5.59. The van der Waals surface area contributed by atoms with E-state index in [4.69, 9.17) is 14.7 Å². The Kier molecular flexibility index (Phi) is 5.58. The molecule has 0 unspecified atom stereocenters. The van der Waals surface area contributed by atoms with Crippen molar-refractivity contribution < 1.29 is 9.53 Å². The molecule has 1 N–H and O–H groups in total. The van der Waals surface area contributed by atoms with Gasteiger partial charge >= 0.3 is 0 Å². The van der Waals surface area contributed by atoms with E-state index in [1.165, 1.54) is 0 Å². The molecule has 1 aromatic carbocycles. The van der Waals surface area contributed by atoms with Gasteiger partial charge in [0.1, 0.15) is 17.7 Å². The zero-order chi connectivity index (χ0) is 21.0. The van der Waals surface area contributed by atoms with Crippen molar-refractivity contribution in [2.45, 2.75) is 31.3 Å². The Balaban J connectivity index is 1.42. The summed E-state index contributed by atoms with van der Waals surface area (Å²) in [4.78, 5) is 28.6. The van der Waals surface area contributed by atoms with Gasteiger partial charge in [-0.2, -0.15) is 0 Å². The second-order valence-electron chi connectivity index (χ2n) is 8.00. The van der Waals surface area contributed by atoms with E-state index in [0.29, 0.717) is 19.7 Å². The minimum atomic E-state index is -0.281. The smallest absolute Gasteiger partial charge is 0.251 e. The highest BCUT2D eigenvalue weighted by molar-refractivity contribution is 5.81. The van der Waals surface area contributed by atoms with Crippen LogP contribution in [0.15, 0.2) is 60.9 Å². The zero-order valence-corrected chi connectivity index (χ0v) is 17.3. The first-order chi connectivity index (χ1) is 15.3. The molecular weight excluding hydrogens is 390 g/mol. The molecule has 0 saturated carbocycles. The number of anilines is 2. The number of hydrogen-bond acceptors (Lipinski definition) is 6. The summed E-state index contributed by atoms with van der Waals surface area (Å²) in [7, 11) is 0. The molecule has 2 fully saturated rings. The van der Waals surface area contributed by atoms with Crippen molar-refractivity contribution in [2.24, 2.45) is 0 Å². The largest absolute Gasteiger partial charge is 0.368 e. The second kappa shape index (κ2) is 8.81. The number of nitrogens with zero attached hydrogens (tertiary/aromatic N) is 4. The van der Waals surface area contributed by atoms with E-state index in [1.54, 1.807) is 12.4 Å². The van der Waals surface area contributed by atoms with Crippen LogP contribution in [0.1, 0.15) is 31.0 Å². The third kappa shape index (κ3) is 4.41. The normalized spacial score (nSPS) is 20.7. The minimum Gasteiger partial charge on any atom is -0.368 e. The summed E-state index contributed by atoms with van der Waals surface area (Å²) in [5.41, 5.74) is 2.72. The molecule has 0 spiro atoms. The number of pyridine rings is 1. The number of rotatable bonds is 5. The fourth-order valence-electron chi connectivity index (χ4n) is 4.19. The molecule has 2 aliphatic heterocycles. The lowest BCUT2D eigenvalue weighted by Crippen LogP contribution is -2.37. The number of carbonyl (C=O) groups excluding carboxylic acids is 1. The first kappa shape index (κ1) is 19.6. The number of aromatic nitrogens is 3. The summed E-state index contributed by atoms with van der Waals surface area (Å²) in [5, 5.41) is 3.38. The average molecular weight is 415 g/mol. The average Bonchev–Trinajstić information content (AvgIpc) is 3.52. The van der Waals surface area contributed by atoms with Crippen molar-refractivity contribution >= 4 is 17.4 Å². The maximum Gasteiger partial charge on any atom is 0.251 e. The molecule has 2 saturated heterocycles. The van der Waals surface area contributed by atoms with Gasteiger partial charge in [0, 0.05) is 55.3 Å². The molecule has 2 atom stereocenters. The van der Waals surface area contributed by atoms with E-state index in [2.05, 4.69) is 10.3 Å². The molecule has 0 radical (unpaired) electrons. The molecule has 4 heterocycles. The van der Waals surface area contributed by atoms with Crippen molar-refractivity contribution in [3.8, 4) is 11.3 Å². The van der Waals surface area contributed by atoms with Gasteiger partial charge in [-0.25, -0.2) is 9.97 Å². The standard InChI is InChI=1S/C24H25N5O2/c30-24(21-9-5-13-31-21)29-12-10-18(16-29)23-27-20(17-6-4-11-25-15-17)14-22(28-23)26-19-7-2-1-3-8-19/h1-4,6-8,11,14-15,18,21H,5,9-10,12-13,16H2,(H,26,27,28)/t18-,21+/m0/s1.